The molecule has 0 saturated carbocycles. The third-order valence-electron chi connectivity index (χ3n) is 2.69. The maximum absolute atomic E-state index is 11.8. The number of rotatable bonds is 3. The molecule has 0 aromatic carbocycles. The zero-order chi connectivity index (χ0) is 13.3. The summed E-state index contributed by atoms with van der Waals surface area (Å²) >= 11 is 0. The predicted octanol–water partition coefficient (Wildman–Crippen LogP) is -0.625. The Labute approximate surface area is 102 Å². The largest absolute Gasteiger partial charge is 0.357 e. The highest BCUT2D eigenvalue weighted by Crippen LogP contribution is 2.13. The SMILES string of the molecule is CC(Nc1nn(C)c(=O)n(C)c1=O)c1cn[nH]c1. The molecule has 2 rings (SSSR count). The highest BCUT2D eigenvalue weighted by Gasteiger charge is 2.12. The van der Waals surface area contributed by atoms with E-state index in [0.29, 0.717) is 0 Å². The summed E-state index contributed by atoms with van der Waals surface area (Å²) in [5, 5.41) is 13.4. The van der Waals surface area contributed by atoms with Crippen LogP contribution in [0.2, 0.25) is 0 Å². The van der Waals surface area contributed by atoms with Crippen molar-refractivity contribution in [2.24, 2.45) is 14.1 Å². The Balaban J connectivity index is 2.36. The van der Waals surface area contributed by atoms with Gasteiger partial charge in [-0.2, -0.15) is 5.10 Å². The molecule has 2 heterocycles. The molecule has 2 aromatic heterocycles. The van der Waals surface area contributed by atoms with Gasteiger partial charge in [0.25, 0.3) is 5.56 Å². The first-order chi connectivity index (χ1) is 8.50. The van der Waals surface area contributed by atoms with Crippen LogP contribution >= 0.6 is 0 Å². The lowest BCUT2D eigenvalue weighted by molar-refractivity contribution is 0.601. The van der Waals surface area contributed by atoms with Crippen LogP contribution in [0.15, 0.2) is 22.0 Å². The molecular weight excluding hydrogens is 236 g/mol. The quantitative estimate of drug-likeness (QED) is 0.756. The standard InChI is InChI=1S/C10H14N6O2/c1-6(7-4-11-12-5-7)13-8-9(17)15(2)10(18)16(3)14-8/h4-6H,1-3H3,(H,11,12)(H,13,14). The van der Waals surface area contributed by atoms with Gasteiger partial charge < -0.3 is 5.32 Å². The van der Waals surface area contributed by atoms with Crippen LogP contribution < -0.4 is 16.6 Å². The molecule has 0 radical (unpaired) electrons. The van der Waals surface area contributed by atoms with E-state index in [2.05, 4.69) is 20.6 Å². The van der Waals surface area contributed by atoms with Crippen LogP contribution in [0.1, 0.15) is 18.5 Å². The summed E-state index contributed by atoms with van der Waals surface area (Å²) in [5.41, 5.74) is -0.0114. The van der Waals surface area contributed by atoms with Gasteiger partial charge in [0.1, 0.15) is 0 Å². The normalized spacial score (nSPS) is 12.4. The molecule has 0 spiro atoms. The Morgan fingerprint density at radius 3 is 2.72 bits per heavy atom. The van der Waals surface area contributed by atoms with Crippen LogP contribution in [-0.4, -0.2) is 24.5 Å². The van der Waals surface area contributed by atoms with E-state index in [0.717, 1.165) is 14.8 Å². The number of nitrogens with zero attached hydrogens (tertiary/aromatic N) is 4. The average molecular weight is 250 g/mol. The van der Waals surface area contributed by atoms with Gasteiger partial charge in [-0.05, 0) is 6.92 Å². The van der Waals surface area contributed by atoms with Gasteiger partial charge in [0.15, 0.2) is 0 Å². The molecule has 2 N–H and O–H groups in total. The summed E-state index contributed by atoms with van der Waals surface area (Å²) in [7, 11) is 2.91. The van der Waals surface area contributed by atoms with Crippen molar-refractivity contribution in [3.63, 3.8) is 0 Å². The van der Waals surface area contributed by atoms with Crippen molar-refractivity contribution in [2.45, 2.75) is 13.0 Å². The van der Waals surface area contributed by atoms with Crippen LogP contribution in [0.3, 0.4) is 0 Å². The molecule has 0 amide bonds. The zero-order valence-corrected chi connectivity index (χ0v) is 10.3. The second kappa shape index (κ2) is 4.47. The molecule has 0 aliphatic carbocycles. The van der Waals surface area contributed by atoms with Gasteiger partial charge in [-0.1, -0.05) is 0 Å². The van der Waals surface area contributed by atoms with Gasteiger partial charge in [0.2, 0.25) is 5.82 Å². The summed E-state index contributed by atoms with van der Waals surface area (Å²) in [4.78, 5) is 23.3. The first kappa shape index (κ1) is 12.1. The van der Waals surface area contributed by atoms with Crippen LogP contribution in [0, 0.1) is 0 Å². The van der Waals surface area contributed by atoms with Gasteiger partial charge in [-0.3, -0.25) is 14.5 Å². The summed E-state index contributed by atoms with van der Waals surface area (Å²) in [6, 6.07) is -0.138. The van der Waals surface area contributed by atoms with E-state index in [-0.39, 0.29) is 11.9 Å². The van der Waals surface area contributed by atoms with E-state index in [4.69, 9.17) is 0 Å². The number of H-pyrrole nitrogens is 1. The van der Waals surface area contributed by atoms with Crippen molar-refractivity contribution in [1.82, 2.24) is 24.5 Å². The van der Waals surface area contributed by atoms with Crippen molar-refractivity contribution in [1.29, 1.82) is 0 Å². The monoisotopic (exact) mass is 250 g/mol. The van der Waals surface area contributed by atoms with Crippen molar-refractivity contribution in [3.05, 3.63) is 38.8 Å². The van der Waals surface area contributed by atoms with E-state index in [1.807, 2.05) is 6.92 Å². The predicted molar refractivity (Wildman–Crippen MR) is 65.3 cm³/mol. The fourth-order valence-corrected chi connectivity index (χ4v) is 1.58. The van der Waals surface area contributed by atoms with E-state index in [9.17, 15) is 9.59 Å². The lowest BCUT2D eigenvalue weighted by Gasteiger charge is -2.13. The number of aromatic amines is 1. The van der Waals surface area contributed by atoms with Gasteiger partial charge in [0.05, 0.1) is 12.2 Å². The summed E-state index contributed by atoms with van der Waals surface area (Å²) < 4.78 is 2.13. The molecule has 18 heavy (non-hydrogen) atoms. The molecule has 8 heteroatoms. The Morgan fingerprint density at radius 2 is 2.11 bits per heavy atom. The molecular formula is C10H14N6O2. The number of anilines is 1. The molecule has 1 atom stereocenters. The maximum atomic E-state index is 11.8. The van der Waals surface area contributed by atoms with Gasteiger partial charge in [-0.15, -0.1) is 5.10 Å². The van der Waals surface area contributed by atoms with Gasteiger partial charge >= 0.3 is 5.69 Å². The minimum atomic E-state index is -0.457. The average Bonchev–Trinajstić information content (AvgIpc) is 2.87. The number of hydrogen-bond donors (Lipinski definition) is 2. The Bertz CT molecular complexity index is 654. The van der Waals surface area contributed by atoms with E-state index < -0.39 is 11.2 Å². The van der Waals surface area contributed by atoms with Gasteiger partial charge in [0, 0.05) is 25.9 Å². The Hall–Kier alpha value is -2.38. The third kappa shape index (κ3) is 2.04. The lowest BCUT2D eigenvalue weighted by atomic mass is 10.2. The van der Waals surface area contributed by atoms with Crippen LogP contribution in [0.5, 0.6) is 0 Å². The molecule has 0 saturated heterocycles. The fraction of sp³-hybridized carbons (Fsp3) is 0.400. The van der Waals surface area contributed by atoms with Crippen LogP contribution in [0.4, 0.5) is 5.82 Å². The zero-order valence-electron chi connectivity index (χ0n) is 10.3. The Morgan fingerprint density at radius 1 is 1.39 bits per heavy atom. The first-order valence-electron chi connectivity index (χ1n) is 5.40. The molecule has 0 aliphatic heterocycles. The Kier molecular flexibility index (Phi) is 3.00. The molecule has 0 bridgehead atoms. The lowest BCUT2D eigenvalue weighted by Crippen LogP contribution is -2.40. The molecule has 0 aliphatic rings. The minimum Gasteiger partial charge on any atom is -0.357 e. The van der Waals surface area contributed by atoms with Crippen molar-refractivity contribution in [2.75, 3.05) is 5.32 Å². The fourth-order valence-electron chi connectivity index (χ4n) is 1.58. The van der Waals surface area contributed by atoms with E-state index >= 15 is 0 Å². The van der Waals surface area contributed by atoms with Gasteiger partial charge in [-0.25, -0.2) is 9.48 Å². The summed E-state index contributed by atoms with van der Waals surface area (Å²) in [5.74, 6) is 0.133. The topological polar surface area (TPSA) is 97.6 Å². The highest BCUT2D eigenvalue weighted by molar-refractivity contribution is 5.33. The minimum absolute atomic E-state index is 0.133. The van der Waals surface area contributed by atoms with E-state index in [1.54, 1.807) is 12.4 Å². The second-order valence-electron chi connectivity index (χ2n) is 4.02. The van der Waals surface area contributed by atoms with Crippen molar-refractivity contribution >= 4 is 5.82 Å². The molecule has 8 nitrogen and oxygen atoms in total. The molecule has 2 aromatic rings. The second-order valence-corrected chi connectivity index (χ2v) is 4.02. The maximum Gasteiger partial charge on any atom is 0.346 e. The number of nitrogens with one attached hydrogen (secondary N) is 2. The van der Waals surface area contributed by atoms with Crippen molar-refractivity contribution in [3.8, 4) is 0 Å². The molecule has 96 valence electrons. The smallest absolute Gasteiger partial charge is 0.346 e. The third-order valence-corrected chi connectivity index (χ3v) is 2.69. The number of hydrogen-bond acceptors (Lipinski definition) is 5. The number of aromatic nitrogens is 5. The molecule has 1 unspecified atom stereocenters. The summed E-state index contributed by atoms with van der Waals surface area (Å²) in [6.45, 7) is 1.87. The number of aryl methyl sites for hydroxylation is 1. The first-order valence-corrected chi connectivity index (χ1v) is 5.40. The molecule has 0 fully saturated rings. The highest BCUT2D eigenvalue weighted by atomic mass is 16.2. The summed E-state index contributed by atoms with van der Waals surface area (Å²) in [6.07, 6.45) is 3.38. The van der Waals surface area contributed by atoms with E-state index in [1.165, 1.54) is 14.1 Å². The van der Waals surface area contributed by atoms with Crippen molar-refractivity contribution < 1.29 is 0 Å². The van der Waals surface area contributed by atoms with Crippen LogP contribution in [-0.2, 0) is 14.1 Å². The van der Waals surface area contributed by atoms with Crippen LogP contribution in [0.25, 0.3) is 0 Å².